The lowest BCUT2D eigenvalue weighted by Gasteiger charge is -2.22. The van der Waals surface area contributed by atoms with Crippen molar-refractivity contribution in [1.82, 2.24) is 24.6 Å². The summed E-state index contributed by atoms with van der Waals surface area (Å²) >= 11 is 1.61. The van der Waals surface area contributed by atoms with Crippen LogP contribution >= 0.6 is 11.3 Å². The molecular weight excluding hydrogens is 370 g/mol. The lowest BCUT2D eigenvalue weighted by Crippen LogP contribution is -2.31. The first-order valence-corrected chi connectivity index (χ1v) is 10.4. The third-order valence-corrected chi connectivity index (χ3v) is 6.19. The summed E-state index contributed by atoms with van der Waals surface area (Å²) in [6.07, 6.45) is 2.13. The number of fused-ring (bicyclic) bond motifs is 1. The van der Waals surface area contributed by atoms with Gasteiger partial charge in [0.2, 0.25) is 0 Å². The van der Waals surface area contributed by atoms with Crippen molar-refractivity contribution in [1.29, 1.82) is 0 Å². The average molecular weight is 392 g/mol. The highest BCUT2D eigenvalue weighted by molar-refractivity contribution is 7.18. The van der Waals surface area contributed by atoms with Crippen LogP contribution in [-0.2, 0) is 6.54 Å². The van der Waals surface area contributed by atoms with E-state index in [-0.39, 0.29) is 11.6 Å². The van der Waals surface area contributed by atoms with Crippen molar-refractivity contribution >= 4 is 21.6 Å². The SMILES string of the molecule is O=c1n(Cc2nc3ccccc3s2)nc([C@@H]2CCCNC2)n1-c1ccccc1. The van der Waals surface area contributed by atoms with Crippen LogP contribution in [0.3, 0.4) is 0 Å². The molecule has 0 aliphatic carbocycles. The summed E-state index contributed by atoms with van der Waals surface area (Å²) in [6.45, 7) is 2.27. The van der Waals surface area contributed by atoms with Crippen LogP contribution in [0.2, 0.25) is 0 Å². The van der Waals surface area contributed by atoms with E-state index >= 15 is 0 Å². The fourth-order valence-corrected chi connectivity index (χ4v) is 4.75. The van der Waals surface area contributed by atoms with E-state index in [9.17, 15) is 4.79 Å². The minimum absolute atomic E-state index is 0.106. The molecule has 2 aromatic carbocycles. The standard InChI is InChI=1S/C21H21N5OS/c27-21-25(14-19-23-17-10-4-5-11-18(17)28-19)24-20(15-7-6-12-22-13-15)26(21)16-8-2-1-3-9-16/h1-5,8-11,15,22H,6-7,12-14H2/t15-/m1/s1. The summed E-state index contributed by atoms with van der Waals surface area (Å²) in [5.74, 6) is 1.07. The topological polar surface area (TPSA) is 64.7 Å². The van der Waals surface area contributed by atoms with Gasteiger partial charge in [0, 0.05) is 12.5 Å². The Morgan fingerprint density at radius 3 is 2.71 bits per heavy atom. The highest BCUT2D eigenvalue weighted by Crippen LogP contribution is 2.24. The Labute approximate surface area is 166 Å². The van der Waals surface area contributed by atoms with Crippen molar-refractivity contribution in [3.8, 4) is 5.69 Å². The minimum Gasteiger partial charge on any atom is -0.316 e. The Bertz CT molecular complexity index is 1120. The quantitative estimate of drug-likeness (QED) is 0.580. The molecule has 1 aliphatic heterocycles. The Hall–Kier alpha value is -2.77. The number of benzene rings is 2. The van der Waals surface area contributed by atoms with E-state index in [1.807, 2.05) is 48.5 Å². The number of aromatic nitrogens is 4. The van der Waals surface area contributed by atoms with E-state index in [4.69, 9.17) is 5.10 Å². The molecule has 4 aromatic rings. The van der Waals surface area contributed by atoms with Crippen molar-refractivity contribution in [3.05, 3.63) is 75.9 Å². The molecular formula is C21H21N5OS. The van der Waals surface area contributed by atoms with E-state index in [2.05, 4.69) is 16.4 Å². The summed E-state index contributed by atoms with van der Waals surface area (Å²) in [4.78, 5) is 17.9. The van der Waals surface area contributed by atoms with Gasteiger partial charge < -0.3 is 5.32 Å². The summed E-state index contributed by atoms with van der Waals surface area (Å²) < 4.78 is 4.46. The van der Waals surface area contributed by atoms with Gasteiger partial charge in [-0.3, -0.25) is 0 Å². The van der Waals surface area contributed by atoms with Crippen LogP contribution in [0.1, 0.15) is 29.6 Å². The van der Waals surface area contributed by atoms with Gasteiger partial charge in [0.25, 0.3) is 0 Å². The molecule has 5 rings (SSSR count). The number of para-hydroxylation sites is 2. The lowest BCUT2D eigenvalue weighted by atomic mass is 9.99. The van der Waals surface area contributed by atoms with E-state index in [0.29, 0.717) is 6.54 Å². The van der Waals surface area contributed by atoms with Gasteiger partial charge in [-0.1, -0.05) is 30.3 Å². The monoisotopic (exact) mass is 391 g/mol. The molecule has 6 nitrogen and oxygen atoms in total. The van der Waals surface area contributed by atoms with Crippen LogP contribution < -0.4 is 11.0 Å². The molecule has 28 heavy (non-hydrogen) atoms. The van der Waals surface area contributed by atoms with Crippen molar-refractivity contribution in [3.63, 3.8) is 0 Å². The maximum Gasteiger partial charge on any atom is 0.350 e. The van der Waals surface area contributed by atoms with Gasteiger partial charge in [-0.25, -0.2) is 19.0 Å². The predicted octanol–water partition coefficient (Wildman–Crippen LogP) is 3.16. The third-order valence-electron chi connectivity index (χ3n) is 5.16. The number of piperidine rings is 1. The van der Waals surface area contributed by atoms with Crippen LogP contribution in [0.4, 0.5) is 0 Å². The van der Waals surface area contributed by atoms with Gasteiger partial charge in [0.1, 0.15) is 10.8 Å². The van der Waals surface area contributed by atoms with Crippen LogP contribution in [-0.4, -0.2) is 32.4 Å². The largest absolute Gasteiger partial charge is 0.350 e. The molecule has 0 bridgehead atoms. The molecule has 1 fully saturated rings. The average Bonchev–Trinajstić information content (AvgIpc) is 3.30. The summed E-state index contributed by atoms with van der Waals surface area (Å²) in [7, 11) is 0. The lowest BCUT2D eigenvalue weighted by molar-refractivity contribution is 0.439. The molecule has 0 spiro atoms. The zero-order valence-electron chi connectivity index (χ0n) is 15.4. The molecule has 1 atom stereocenters. The van der Waals surface area contributed by atoms with Crippen molar-refractivity contribution in [2.75, 3.05) is 13.1 Å². The molecule has 0 radical (unpaired) electrons. The highest BCUT2D eigenvalue weighted by Gasteiger charge is 2.25. The number of nitrogens with one attached hydrogen (secondary N) is 1. The maximum absolute atomic E-state index is 13.3. The summed E-state index contributed by atoms with van der Waals surface area (Å²) in [5, 5.41) is 9.10. The van der Waals surface area contributed by atoms with Gasteiger partial charge in [-0.05, 0) is 43.7 Å². The fraction of sp³-hybridized carbons (Fsp3) is 0.286. The van der Waals surface area contributed by atoms with Crippen molar-refractivity contribution in [2.45, 2.75) is 25.3 Å². The number of hydrogen-bond acceptors (Lipinski definition) is 5. The second-order valence-electron chi connectivity index (χ2n) is 7.09. The molecule has 7 heteroatoms. The Morgan fingerprint density at radius 2 is 1.93 bits per heavy atom. The zero-order valence-corrected chi connectivity index (χ0v) is 16.2. The van der Waals surface area contributed by atoms with Crippen molar-refractivity contribution < 1.29 is 0 Å². The van der Waals surface area contributed by atoms with Gasteiger partial charge in [-0.15, -0.1) is 11.3 Å². The Morgan fingerprint density at radius 1 is 1.11 bits per heavy atom. The molecule has 1 saturated heterocycles. The molecule has 0 amide bonds. The third kappa shape index (κ3) is 3.16. The normalized spacial score (nSPS) is 17.2. The molecule has 0 unspecified atom stereocenters. The first kappa shape index (κ1) is 17.3. The first-order valence-electron chi connectivity index (χ1n) is 9.60. The van der Waals surface area contributed by atoms with E-state index in [1.54, 1.807) is 20.6 Å². The number of thiazole rings is 1. The van der Waals surface area contributed by atoms with E-state index in [0.717, 1.165) is 52.7 Å². The molecule has 142 valence electrons. The molecule has 1 aliphatic rings. The number of hydrogen-bond donors (Lipinski definition) is 1. The van der Waals surface area contributed by atoms with Gasteiger partial charge >= 0.3 is 5.69 Å². The second kappa shape index (κ2) is 7.33. The van der Waals surface area contributed by atoms with E-state index in [1.165, 1.54) is 0 Å². The smallest absolute Gasteiger partial charge is 0.316 e. The van der Waals surface area contributed by atoms with Gasteiger partial charge in [-0.2, -0.15) is 5.10 Å². The second-order valence-corrected chi connectivity index (χ2v) is 8.20. The van der Waals surface area contributed by atoms with Crippen LogP contribution in [0.5, 0.6) is 0 Å². The molecule has 1 N–H and O–H groups in total. The summed E-state index contributed by atoms with van der Waals surface area (Å²) in [5.41, 5.74) is 1.73. The van der Waals surface area contributed by atoms with Crippen LogP contribution in [0.15, 0.2) is 59.4 Å². The van der Waals surface area contributed by atoms with Crippen molar-refractivity contribution in [2.24, 2.45) is 0 Å². The molecule has 0 saturated carbocycles. The van der Waals surface area contributed by atoms with Crippen LogP contribution in [0, 0.1) is 0 Å². The maximum atomic E-state index is 13.3. The van der Waals surface area contributed by atoms with Crippen LogP contribution in [0.25, 0.3) is 15.9 Å². The van der Waals surface area contributed by atoms with Gasteiger partial charge in [0.05, 0.1) is 22.4 Å². The number of nitrogens with zero attached hydrogens (tertiary/aromatic N) is 4. The Kier molecular flexibility index (Phi) is 4.54. The highest BCUT2D eigenvalue weighted by atomic mass is 32.1. The predicted molar refractivity (Wildman–Crippen MR) is 111 cm³/mol. The zero-order chi connectivity index (χ0) is 18.9. The fourth-order valence-electron chi connectivity index (χ4n) is 3.80. The van der Waals surface area contributed by atoms with Gasteiger partial charge in [0.15, 0.2) is 0 Å². The Balaban J connectivity index is 1.58. The molecule has 2 aromatic heterocycles. The number of rotatable bonds is 4. The molecule has 3 heterocycles. The minimum atomic E-state index is -0.106. The first-order chi connectivity index (χ1) is 13.8. The van der Waals surface area contributed by atoms with E-state index < -0.39 is 0 Å². The summed E-state index contributed by atoms with van der Waals surface area (Å²) in [6, 6.07) is 17.8.